The van der Waals surface area contributed by atoms with Crippen LogP contribution in [-0.2, 0) is 16.1 Å². The lowest BCUT2D eigenvalue weighted by atomic mass is 10.1. The van der Waals surface area contributed by atoms with E-state index in [1.165, 1.54) is 12.8 Å². The molecule has 1 aliphatic carbocycles. The Morgan fingerprint density at radius 1 is 1.19 bits per heavy atom. The fourth-order valence-electron chi connectivity index (χ4n) is 4.46. The largest absolute Gasteiger partial charge is 0.340 e. The molecule has 0 spiro atoms. The van der Waals surface area contributed by atoms with E-state index in [0.29, 0.717) is 50.4 Å². The van der Waals surface area contributed by atoms with Crippen LogP contribution in [-0.4, -0.2) is 75.4 Å². The summed E-state index contributed by atoms with van der Waals surface area (Å²) in [5.74, 6) is 1.42. The van der Waals surface area contributed by atoms with Crippen LogP contribution in [0, 0.1) is 12.8 Å². The zero-order chi connectivity index (χ0) is 18.1. The molecule has 1 atom stereocenters. The Kier molecular flexibility index (Phi) is 4.93. The van der Waals surface area contributed by atoms with Gasteiger partial charge in [-0.2, -0.15) is 4.98 Å². The third kappa shape index (κ3) is 3.60. The summed E-state index contributed by atoms with van der Waals surface area (Å²) in [6.45, 7) is 6.04. The second kappa shape index (κ2) is 7.34. The van der Waals surface area contributed by atoms with Crippen molar-refractivity contribution in [1.29, 1.82) is 0 Å². The third-order valence-electron chi connectivity index (χ3n) is 5.89. The topological polar surface area (TPSA) is 82.8 Å². The lowest BCUT2D eigenvalue weighted by molar-refractivity contribution is -0.137. The molecule has 2 amide bonds. The number of amides is 2. The average Bonchev–Trinajstić information content (AvgIpc) is 3.36. The quantitative estimate of drug-likeness (QED) is 0.789. The molecular weight excluding hydrogens is 334 g/mol. The van der Waals surface area contributed by atoms with Crippen LogP contribution in [0.5, 0.6) is 0 Å². The summed E-state index contributed by atoms with van der Waals surface area (Å²) in [4.78, 5) is 35.6. The van der Waals surface area contributed by atoms with Crippen molar-refractivity contribution in [3.63, 3.8) is 0 Å². The van der Waals surface area contributed by atoms with Crippen molar-refractivity contribution >= 4 is 11.8 Å². The molecule has 3 fully saturated rings. The molecule has 0 aromatic carbocycles. The van der Waals surface area contributed by atoms with Crippen molar-refractivity contribution in [2.75, 3.05) is 32.7 Å². The summed E-state index contributed by atoms with van der Waals surface area (Å²) in [7, 11) is 0. The lowest BCUT2D eigenvalue weighted by Gasteiger charge is -2.35. The molecule has 2 aliphatic heterocycles. The molecule has 0 bridgehead atoms. The predicted octanol–water partition coefficient (Wildman–Crippen LogP) is 0.813. The fraction of sp³-hybridized carbons (Fsp3) is 0.778. The lowest BCUT2D eigenvalue weighted by Crippen LogP contribution is -2.50. The van der Waals surface area contributed by atoms with Gasteiger partial charge in [0.05, 0.1) is 12.5 Å². The van der Waals surface area contributed by atoms with Crippen LogP contribution in [0.3, 0.4) is 0 Å². The molecular formula is C18H27N5O3. The maximum Gasteiger partial charge on any atom is 0.228 e. The van der Waals surface area contributed by atoms with Crippen LogP contribution in [0.15, 0.2) is 4.52 Å². The molecule has 1 aromatic heterocycles. The van der Waals surface area contributed by atoms with Gasteiger partial charge in [0.2, 0.25) is 17.7 Å². The molecule has 0 radical (unpaired) electrons. The minimum atomic E-state index is -0.158. The van der Waals surface area contributed by atoms with Gasteiger partial charge in [-0.3, -0.25) is 14.5 Å². The fourth-order valence-corrected chi connectivity index (χ4v) is 4.46. The number of nitrogens with zero attached hydrogens (tertiary/aromatic N) is 5. The van der Waals surface area contributed by atoms with Crippen molar-refractivity contribution in [2.24, 2.45) is 5.92 Å². The molecule has 142 valence electrons. The Morgan fingerprint density at radius 3 is 2.58 bits per heavy atom. The van der Waals surface area contributed by atoms with Crippen molar-refractivity contribution in [1.82, 2.24) is 24.8 Å². The van der Waals surface area contributed by atoms with E-state index in [-0.39, 0.29) is 17.7 Å². The van der Waals surface area contributed by atoms with Gasteiger partial charge in [-0.25, -0.2) is 0 Å². The van der Waals surface area contributed by atoms with Crippen LogP contribution >= 0.6 is 0 Å². The first kappa shape index (κ1) is 17.5. The zero-order valence-electron chi connectivity index (χ0n) is 15.4. The standard InChI is InChI=1S/C18H27N5O3/c1-13-19-16(20-26-13)12-21-6-8-22(9-7-21)18(25)14-10-17(24)23(11-14)15-4-2-3-5-15/h14-15H,2-12H2,1H3/t14-/m1/s1. The summed E-state index contributed by atoms with van der Waals surface area (Å²) in [5, 5.41) is 3.93. The summed E-state index contributed by atoms with van der Waals surface area (Å²) in [6.07, 6.45) is 4.99. The number of likely N-dealkylation sites (tertiary alicyclic amines) is 1. The van der Waals surface area contributed by atoms with Crippen molar-refractivity contribution in [2.45, 2.75) is 51.6 Å². The van der Waals surface area contributed by atoms with Crippen molar-refractivity contribution in [3.05, 3.63) is 11.7 Å². The number of aromatic nitrogens is 2. The maximum absolute atomic E-state index is 12.9. The smallest absolute Gasteiger partial charge is 0.228 e. The van der Waals surface area contributed by atoms with Gasteiger partial charge in [0, 0.05) is 52.1 Å². The first-order chi connectivity index (χ1) is 12.6. The summed E-state index contributed by atoms with van der Waals surface area (Å²) >= 11 is 0. The van der Waals surface area contributed by atoms with Gasteiger partial charge in [0.15, 0.2) is 5.82 Å². The van der Waals surface area contributed by atoms with Gasteiger partial charge in [0.1, 0.15) is 0 Å². The average molecular weight is 361 g/mol. The van der Waals surface area contributed by atoms with Gasteiger partial charge in [0.25, 0.3) is 0 Å². The summed E-state index contributed by atoms with van der Waals surface area (Å²) in [6, 6.07) is 0.371. The number of carbonyl (C=O) groups is 2. The number of hydrogen-bond donors (Lipinski definition) is 0. The molecule has 8 nitrogen and oxygen atoms in total. The van der Waals surface area contributed by atoms with Gasteiger partial charge in [-0.1, -0.05) is 18.0 Å². The van der Waals surface area contributed by atoms with Gasteiger partial charge in [-0.05, 0) is 12.8 Å². The molecule has 0 N–H and O–H groups in total. The summed E-state index contributed by atoms with van der Waals surface area (Å²) in [5.41, 5.74) is 0. The van der Waals surface area contributed by atoms with Crippen LogP contribution in [0.25, 0.3) is 0 Å². The van der Waals surface area contributed by atoms with E-state index in [9.17, 15) is 9.59 Å². The molecule has 8 heteroatoms. The Labute approximate surface area is 153 Å². The van der Waals surface area contributed by atoms with Crippen molar-refractivity contribution < 1.29 is 14.1 Å². The molecule has 1 aromatic rings. The van der Waals surface area contributed by atoms with Crippen LogP contribution < -0.4 is 0 Å². The first-order valence-corrected chi connectivity index (χ1v) is 9.70. The highest BCUT2D eigenvalue weighted by Gasteiger charge is 2.40. The zero-order valence-corrected chi connectivity index (χ0v) is 15.4. The number of rotatable bonds is 4. The highest BCUT2D eigenvalue weighted by molar-refractivity contribution is 5.89. The number of carbonyl (C=O) groups excluding carboxylic acids is 2. The molecule has 3 heterocycles. The number of hydrogen-bond acceptors (Lipinski definition) is 6. The SMILES string of the molecule is Cc1nc(CN2CCN(C(=O)[C@@H]3CC(=O)N(C4CCCC4)C3)CC2)no1. The monoisotopic (exact) mass is 361 g/mol. The first-order valence-electron chi connectivity index (χ1n) is 9.70. The van der Waals surface area contributed by atoms with Crippen LogP contribution in [0.2, 0.25) is 0 Å². The highest BCUT2D eigenvalue weighted by Crippen LogP contribution is 2.30. The molecule has 4 rings (SSSR count). The maximum atomic E-state index is 12.9. The summed E-state index contributed by atoms with van der Waals surface area (Å²) < 4.78 is 5.01. The Bertz CT molecular complexity index is 662. The van der Waals surface area contributed by atoms with Crippen molar-refractivity contribution in [3.8, 4) is 0 Å². The van der Waals surface area contributed by atoms with Crippen LogP contribution in [0.4, 0.5) is 0 Å². The van der Waals surface area contributed by atoms with E-state index in [2.05, 4.69) is 15.0 Å². The highest BCUT2D eigenvalue weighted by atomic mass is 16.5. The van der Waals surface area contributed by atoms with E-state index >= 15 is 0 Å². The molecule has 3 aliphatic rings. The van der Waals surface area contributed by atoms with E-state index in [1.807, 2.05) is 9.80 Å². The van der Waals surface area contributed by atoms with Gasteiger partial charge in [-0.15, -0.1) is 0 Å². The van der Waals surface area contributed by atoms with Crippen LogP contribution in [0.1, 0.15) is 43.8 Å². The number of aryl methyl sites for hydroxylation is 1. The minimum absolute atomic E-state index is 0.147. The van der Waals surface area contributed by atoms with Gasteiger partial charge >= 0.3 is 0 Å². The number of piperazine rings is 1. The second-order valence-electron chi connectivity index (χ2n) is 7.72. The predicted molar refractivity (Wildman–Crippen MR) is 93.0 cm³/mol. The Hall–Kier alpha value is -1.96. The Balaban J connectivity index is 1.27. The normalized spacial score (nSPS) is 25.4. The van der Waals surface area contributed by atoms with E-state index in [4.69, 9.17) is 4.52 Å². The molecule has 1 saturated carbocycles. The molecule has 26 heavy (non-hydrogen) atoms. The van der Waals surface area contributed by atoms with Gasteiger partial charge < -0.3 is 14.3 Å². The van der Waals surface area contributed by atoms with E-state index in [0.717, 1.165) is 25.9 Å². The second-order valence-corrected chi connectivity index (χ2v) is 7.72. The van der Waals surface area contributed by atoms with E-state index in [1.54, 1.807) is 6.92 Å². The molecule has 2 saturated heterocycles. The molecule has 0 unspecified atom stereocenters. The minimum Gasteiger partial charge on any atom is -0.340 e. The third-order valence-corrected chi connectivity index (χ3v) is 5.89. The van der Waals surface area contributed by atoms with E-state index < -0.39 is 0 Å². The Morgan fingerprint density at radius 2 is 1.92 bits per heavy atom.